The fourth-order valence-electron chi connectivity index (χ4n) is 3.76. The number of H-pyrrole nitrogens is 1. The summed E-state index contributed by atoms with van der Waals surface area (Å²) in [5, 5.41) is 0.979. The van der Waals surface area contributed by atoms with E-state index in [-0.39, 0.29) is 11.9 Å². The molecule has 0 bridgehead atoms. The average molecular weight is 392 g/mol. The van der Waals surface area contributed by atoms with E-state index in [0.29, 0.717) is 38.1 Å². The number of rotatable bonds is 6. The summed E-state index contributed by atoms with van der Waals surface area (Å²) in [6, 6.07) is 15.1. The molecule has 0 saturated carbocycles. The molecule has 150 valence electrons. The first-order valence-corrected chi connectivity index (χ1v) is 9.83. The van der Waals surface area contributed by atoms with Gasteiger partial charge in [-0.2, -0.15) is 0 Å². The number of nitrogens with zero attached hydrogens (tertiary/aromatic N) is 1. The molecule has 3 aromatic rings. The fourth-order valence-corrected chi connectivity index (χ4v) is 3.76. The van der Waals surface area contributed by atoms with E-state index >= 15 is 0 Å². The number of aromatic nitrogens is 1. The van der Waals surface area contributed by atoms with Crippen LogP contribution in [-0.4, -0.2) is 42.0 Å². The number of carbonyl (C=O) groups excluding carboxylic acids is 2. The van der Waals surface area contributed by atoms with E-state index in [1.54, 1.807) is 6.07 Å². The van der Waals surface area contributed by atoms with Gasteiger partial charge in [-0.3, -0.25) is 4.79 Å². The van der Waals surface area contributed by atoms with Gasteiger partial charge in [-0.25, -0.2) is 4.79 Å². The van der Waals surface area contributed by atoms with Crippen LogP contribution in [0, 0.1) is 0 Å². The minimum Gasteiger partial charge on any atom is -0.494 e. The van der Waals surface area contributed by atoms with Crippen molar-refractivity contribution in [1.82, 2.24) is 9.88 Å². The number of hydrogen-bond acceptors (Lipinski definition) is 4. The van der Waals surface area contributed by atoms with Crippen LogP contribution in [0.5, 0.6) is 5.75 Å². The van der Waals surface area contributed by atoms with Crippen molar-refractivity contribution in [3.05, 3.63) is 65.4 Å². The van der Waals surface area contributed by atoms with Gasteiger partial charge in [0, 0.05) is 48.1 Å². The van der Waals surface area contributed by atoms with Gasteiger partial charge in [0.05, 0.1) is 19.3 Å². The van der Waals surface area contributed by atoms with E-state index in [9.17, 15) is 9.59 Å². The topological polar surface area (TPSA) is 71.6 Å². The van der Waals surface area contributed by atoms with Crippen molar-refractivity contribution in [1.29, 1.82) is 0 Å². The number of benzene rings is 2. The van der Waals surface area contributed by atoms with Crippen LogP contribution in [-0.2, 0) is 22.5 Å². The van der Waals surface area contributed by atoms with Gasteiger partial charge >= 0.3 is 5.97 Å². The van der Waals surface area contributed by atoms with E-state index in [4.69, 9.17) is 9.47 Å². The summed E-state index contributed by atoms with van der Waals surface area (Å²) in [5.41, 5.74) is 3.72. The van der Waals surface area contributed by atoms with Crippen molar-refractivity contribution in [2.45, 2.75) is 25.8 Å². The lowest BCUT2D eigenvalue weighted by atomic mass is 10.0. The molecule has 0 fully saturated rings. The van der Waals surface area contributed by atoms with Crippen molar-refractivity contribution in [2.75, 3.05) is 20.3 Å². The maximum Gasteiger partial charge on any atom is 0.337 e. The number of hydrogen-bond donors (Lipinski definition) is 1. The molecule has 2 aromatic carbocycles. The second-order valence-corrected chi connectivity index (χ2v) is 7.16. The zero-order valence-corrected chi connectivity index (χ0v) is 16.4. The lowest BCUT2D eigenvalue weighted by Gasteiger charge is -2.27. The predicted octanol–water partition coefficient (Wildman–Crippen LogP) is 3.70. The molecule has 4 rings (SSSR count). The number of amides is 1. The summed E-state index contributed by atoms with van der Waals surface area (Å²) in [5.74, 6) is 0.595. The summed E-state index contributed by atoms with van der Waals surface area (Å²) in [7, 11) is 1.38. The molecule has 0 spiro atoms. The Bertz CT molecular complexity index is 1030. The Morgan fingerprint density at radius 1 is 1.14 bits per heavy atom. The first-order valence-electron chi connectivity index (χ1n) is 9.83. The van der Waals surface area contributed by atoms with Gasteiger partial charge in [0.1, 0.15) is 5.75 Å². The van der Waals surface area contributed by atoms with Crippen LogP contribution in [0.1, 0.15) is 34.5 Å². The highest BCUT2D eigenvalue weighted by Gasteiger charge is 2.24. The number of nitrogens with one attached hydrogen (secondary N) is 1. The number of para-hydroxylation sites is 1. The van der Waals surface area contributed by atoms with E-state index in [2.05, 4.69) is 4.98 Å². The third-order valence-corrected chi connectivity index (χ3v) is 5.30. The Hall–Kier alpha value is -3.28. The van der Waals surface area contributed by atoms with Crippen molar-refractivity contribution >= 4 is 22.8 Å². The van der Waals surface area contributed by atoms with Crippen molar-refractivity contribution in [2.24, 2.45) is 0 Å². The third-order valence-electron chi connectivity index (χ3n) is 5.30. The summed E-state index contributed by atoms with van der Waals surface area (Å²) >= 11 is 0. The van der Waals surface area contributed by atoms with Crippen LogP contribution in [0.3, 0.4) is 0 Å². The first kappa shape index (κ1) is 19.1. The summed E-state index contributed by atoms with van der Waals surface area (Å²) in [6.07, 6.45) is 1.92. The number of aromatic amines is 1. The van der Waals surface area contributed by atoms with Crippen molar-refractivity contribution in [3.63, 3.8) is 0 Å². The number of ether oxygens (including phenoxy) is 2. The second-order valence-electron chi connectivity index (χ2n) is 7.16. The normalized spacial score (nSPS) is 13.2. The van der Waals surface area contributed by atoms with Crippen LogP contribution in [0.2, 0.25) is 0 Å². The Morgan fingerprint density at radius 2 is 1.97 bits per heavy atom. The Morgan fingerprint density at radius 3 is 2.76 bits per heavy atom. The summed E-state index contributed by atoms with van der Waals surface area (Å²) in [6.45, 7) is 1.77. The van der Waals surface area contributed by atoms with Crippen molar-refractivity contribution in [3.8, 4) is 5.75 Å². The lowest BCUT2D eigenvalue weighted by molar-refractivity contribution is -0.132. The number of esters is 1. The van der Waals surface area contributed by atoms with Gasteiger partial charge in [-0.05, 0) is 36.8 Å². The lowest BCUT2D eigenvalue weighted by Crippen LogP contribution is -2.35. The molecule has 0 saturated heterocycles. The highest BCUT2D eigenvalue weighted by atomic mass is 16.5. The smallest absolute Gasteiger partial charge is 0.337 e. The SMILES string of the molecule is COC(=O)c1ccc2[nH]c3c(c2c1)CN(C(=O)CCCOc1ccccc1)CC3. The summed E-state index contributed by atoms with van der Waals surface area (Å²) < 4.78 is 10.5. The molecule has 0 aliphatic carbocycles. The molecule has 1 aromatic heterocycles. The monoisotopic (exact) mass is 392 g/mol. The van der Waals surface area contributed by atoms with E-state index < -0.39 is 0 Å². The quantitative estimate of drug-likeness (QED) is 0.513. The molecule has 6 heteroatoms. The predicted molar refractivity (Wildman–Crippen MR) is 110 cm³/mol. The van der Waals surface area contributed by atoms with Crippen molar-refractivity contribution < 1.29 is 19.1 Å². The molecule has 6 nitrogen and oxygen atoms in total. The van der Waals surface area contributed by atoms with E-state index in [0.717, 1.165) is 34.3 Å². The second kappa shape index (κ2) is 8.39. The van der Waals surface area contributed by atoms with Gasteiger partial charge in [-0.1, -0.05) is 18.2 Å². The van der Waals surface area contributed by atoms with Crippen LogP contribution in [0.25, 0.3) is 10.9 Å². The molecule has 1 amide bonds. The molecule has 0 radical (unpaired) electrons. The molecule has 2 heterocycles. The number of fused-ring (bicyclic) bond motifs is 3. The van der Waals surface area contributed by atoms with Crippen LogP contribution < -0.4 is 4.74 Å². The number of methoxy groups -OCH3 is 1. The van der Waals surface area contributed by atoms with Gasteiger partial charge < -0.3 is 19.4 Å². The maximum absolute atomic E-state index is 12.7. The molecule has 0 atom stereocenters. The van der Waals surface area contributed by atoms with Crippen LogP contribution in [0.15, 0.2) is 48.5 Å². The molecule has 1 aliphatic rings. The molecule has 29 heavy (non-hydrogen) atoms. The average Bonchev–Trinajstić information content (AvgIpc) is 3.13. The van der Waals surface area contributed by atoms with Crippen LogP contribution in [0.4, 0.5) is 0 Å². The van der Waals surface area contributed by atoms with Gasteiger partial charge in [0.2, 0.25) is 5.91 Å². The molecular formula is C23H24N2O4. The van der Waals surface area contributed by atoms with E-state index in [1.807, 2.05) is 47.4 Å². The zero-order chi connectivity index (χ0) is 20.2. The standard InChI is InChI=1S/C23H24N2O4/c1-28-23(27)16-9-10-20-18(14-16)19-15-25(12-11-21(19)24-20)22(26)8-5-13-29-17-6-3-2-4-7-17/h2-4,6-7,9-10,14,24H,5,8,11-13,15H2,1H3. The van der Waals surface area contributed by atoms with E-state index in [1.165, 1.54) is 7.11 Å². The highest BCUT2D eigenvalue weighted by Crippen LogP contribution is 2.29. The summed E-state index contributed by atoms with van der Waals surface area (Å²) in [4.78, 5) is 29.9. The zero-order valence-electron chi connectivity index (χ0n) is 16.4. The Balaban J connectivity index is 1.39. The third kappa shape index (κ3) is 4.11. The molecular weight excluding hydrogens is 368 g/mol. The Labute approximate surface area is 169 Å². The van der Waals surface area contributed by atoms with Gasteiger partial charge in [-0.15, -0.1) is 0 Å². The minimum absolute atomic E-state index is 0.130. The maximum atomic E-state index is 12.7. The Kier molecular flexibility index (Phi) is 5.51. The minimum atomic E-state index is -0.357. The first-order chi connectivity index (χ1) is 14.2. The molecule has 0 unspecified atom stereocenters. The highest BCUT2D eigenvalue weighted by molar-refractivity contribution is 5.96. The van der Waals surface area contributed by atoms with Gasteiger partial charge in [0.25, 0.3) is 0 Å². The molecule has 1 aliphatic heterocycles. The largest absolute Gasteiger partial charge is 0.494 e. The van der Waals surface area contributed by atoms with Crippen LogP contribution >= 0.6 is 0 Å². The fraction of sp³-hybridized carbons (Fsp3) is 0.304. The van der Waals surface area contributed by atoms with Gasteiger partial charge in [0.15, 0.2) is 0 Å². The molecule has 1 N–H and O–H groups in total. The number of carbonyl (C=O) groups is 2.